The van der Waals surface area contributed by atoms with E-state index in [1.165, 1.54) is 0 Å². The molecule has 2 aliphatic rings. The first-order chi connectivity index (χ1) is 9.49. The second kappa shape index (κ2) is 6.43. The number of nitrogens with one attached hydrogen (secondary N) is 1. The molecule has 2 bridgehead atoms. The van der Waals surface area contributed by atoms with Gasteiger partial charge in [-0.25, -0.2) is 4.79 Å². The van der Waals surface area contributed by atoms with Crippen molar-refractivity contribution in [2.45, 2.75) is 63.6 Å². The van der Waals surface area contributed by atoms with E-state index in [0.717, 1.165) is 12.8 Å². The molecule has 2 rings (SSSR count). The van der Waals surface area contributed by atoms with Crippen LogP contribution in [-0.2, 0) is 4.79 Å². The lowest BCUT2D eigenvalue weighted by Gasteiger charge is -2.37. The Morgan fingerprint density at radius 2 is 1.90 bits per heavy atom. The normalized spacial score (nSPS) is 30.1. The van der Waals surface area contributed by atoms with Crippen LogP contribution in [0.1, 0.15) is 45.4 Å². The molecule has 114 valence electrons. The molecule has 6 heteroatoms. The maximum absolute atomic E-state index is 12.2. The van der Waals surface area contributed by atoms with Crippen molar-refractivity contribution in [2.24, 2.45) is 5.92 Å². The van der Waals surface area contributed by atoms with Crippen LogP contribution < -0.4 is 5.32 Å². The number of hydrogen-bond acceptors (Lipinski definition) is 3. The van der Waals surface area contributed by atoms with E-state index < -0.39 is 5.97 Å². The Hall–Kier alpha value is -1.30. The van der Waals surface area contributed by atoms with Gasteiger partial charge in [-0.15, -0.1) is 0 Å². The second-order valence-corrected chi connectivity index (χ2v) is 6.03. The molecule has 3 atom stereocenters. The minimum Gasteiger partial charge on any atom is -0.481 e. The second-order valence-electron chi connectivity index (χ2n) is 6.03. The minimum atomic E-state index is -0.792. The lowest BCUT2D eigenvalue weighted by molar-refractivity contribution is -0.141. The van der Waals surface area contributed by atoms with Crippen molar-refractivity contribution in [3.05, 3.63) is 0 Å². The van der Waals surface area contributed by atoms with E-state index in [4.69, 9.17) is 5.11 Å². The molecule has 0 aromatic rings. The highest BCUT2D eigenvalue weighted by molar-refractivity contribution is 5.75. The third-order valence-electron chi connectivity index (χ3n) is 4.45. The topological polar surface area (TPSA) is 89.9 Å². The predicted molar refractivity (Wildman–Crippen MR) is 73.3 cm³/mol. The lowest BCUT2D eigenvalue weighted by Crippen LogP contribution is -2.52. The molecule has 2 amide bonds. The molecule has 0 aromatic carbocycles. The standard InChI is InChI=1S/C14H24N2O4/c1-9(13(18)19)3-2-6-15-14(20)16-10-4-5-11(16)8-12(17)7-10/h9-12,17H,2-8H2,1H3,(H,15,20)(H,18,19). The van der Waals surface area contributed by atoms with Crippen LogP contribution in [0.3, 0.4) is 0 Å². The van der Waals surface area contributed by atoms with Crippen LogP contribution in [0.25, 0.3) is 0 Å². The van der Waals surface area contributed by atoms with E-state index >= 15 is 0 Å². The summed E-state index contributed by atoms with van der Waals surface area (Å²) in [4.78, 5) is 24.7. The summed E-state index contributed by atoms with van der Waals surface area (Å²) in [6.07, 6.45) is 4.29. The van der Waals surface area contributed by atoms with E-state index in [9.17, 15) is 14.7 Å². The molecule has 0 saturated carbocycles. The van der Waals surface area contributed by atoms with Crippen molar-refractivity contribution < 1.29 is 19.8 Å². The van der Waals surface area contributed by atoms with E-state index in [1.54, 1.807) is 6.92 Å². The summed E-state index contributed by atoms with van der Waals surface area (Å²) in [6, 6.07) is 0.274. The van der Waals surface area contributed by atoms with Gasteiger partial charge in [-0.2, -0.15) is 0 Å². The summed E-state index contributed by atoms with van der Waals surface area (Å²) in [5.74, 6) is -1.16. The fraction of sp³-hybridized carbons (Fsp3) is 0.857. The molecule has 2 saturated heterocycles. The number of carbonyl (C=O) groups excluding carboxylic acids is 1. The molecule has 0 aliphatic carbocycles. The van der Waals surface area contributed by atoms with Crippen molar-refractivity contribution in [3.8, 4) is 0 Å². The summed E-state index contributed by atoms with van der Waals surface area (Å²) in [5.41, 5.74) is 0. The third-order valence-corrected chi connectivity index (χ3v) is 4.45. The van der Waals surface area contributed by atoms with Crippen molar-refractivity contribution in [1.82, 2.24) is 10.2 Å². The molecule has 2 heterocycles. The summed E-state index contributed by atoms with van der Waals surface area (Å²) >= 11 is 0. The van der Waals surface area contributed by atoms with Gasteiger partial charge in [0.25, 0.3) is 0 Å². The van der Waals surface area contributed by atoms with E-state index in [0.29, 0.717) is 32.2 Å². The number of carboxylic acids is 1. The Bertz CT molecular complexity index is 360. The van der Waals surface area contributed by atoms with Gasteiger partial charge in [0.05, 0.1) is 12.0 Å². The van der Waals surface area contributed by atoms with Crippen LogP contribution in [0, 0.1) is 5.92 Å². The van der Waals surface area contributed by atoms with Gasteiger partial charge in [0.2, 0.25) is 0 Å². The van der Waals surface area contributed by atoms with E-state index in [1.807, 2.05) is 4.90 Å². The molecule has 2 aliphatic heterocycles. The lowest BCUT2D eigenvalue weighted by atomic mass is 10.0. The van der Waals surface area contributed by atoms with Crippen LogP contribution in [0.5, 0.6) is 0 Å². The van der Waals surface area contributed by atoms with Gasteiger partial charge in [-0.3, -0.25) is 4.79 Å². The zero-order valence-electron chi connectivity index (χ0n) is 11.9. The monoisotopic (exact) mass is 284 g/mol. The van der Waals surface area contributed by atoms with Gasteiger partial charge in [0, 0.05) is 18.6 Å². The largest absolute Gasteiger partial charge is 0.481 e. The van der Waals surface area contributed by atoms with Crippen molar-refractivity contribution in [2.75, 3.05) is 6.54 Å². The van der Waals surface area contributed by atoms with Crippen LogP contribution >= 0.6 is 0 Å². The molecule has 2 fully saturated rings. The molecular formula is C14H24N2O4. The predicted octanol–water partition coefficient (Wildman–Crippen LogP) is 1.18. The third kappa shape index (κ3) is 3.42. The maximum atomic E-state index is 12.2. The number of hydrogen-bond donors (Lipinski definition) is 3. The Morgan fingerprint density at radius 3 is 2.45 bits per heavy atom. The van der Waals surface area contributed by atoms with Gasteiger partial charge in [0.15, 0.2) is 0 Å². The SMILES string of the molecule is CC(CCCNC(=O)N1C2CCC1CC(O)C2)C(=O)O. The Labute approximate surface area is 119 Å². The fourth-order valence-electron chi connectivity index (χ4n) is 3.30. The zero-order chi connectivity index (χ0) is 14.7. The summed E-state index contributed by atoms with van der Waals surface area (Å²) in [6.45, 7) is 2.19. The molecular weight excluding hydrogens is 260 g/mol. The number of aliphatic carboxylic acids is 1. The highest BCUT2D eigenvalue weighted by Crippen LogP contribution is 2.35. The van der Waals surface area contributed by atoms with Gasteiger partial charge in [-0.1, -0.05) is 6.92 Å². The number of aliphatic hydroxyl groups is 1. The molecule has 20 heavy (non-hydrogen) atoms. The number of amides is 2. The average Bonchev–Trinajstić information content (AvgIpc) is 2.66. The Balaban J connectivity index is 1.72. The number of carboxylic acid groups (broad SMARTS) is 1. The number of urea groups is 1. The Kier molecular flexibility index (Phi) is 4.86. The first kappa shape index (κ1) is 15.1. The highest BCUT2D eigenvalue weighted by Gasteiger charge is 2.42. The van der Waals surface area contributed by atoms with Crippen molar-refractivity contribution in [3.63, 3.8) is 0 Å². The number of fused-ring (bicyclic) bond motifs is 2. The molecule has 3 N–H and O–H groups in total. The average molecular weight is 284 g/mol. The maximum Gasteiger partial charge on any atom is 0.317 e. The van der Waals surface area contributed by atoms with Gasteiger partial charge < -0.3 is 20.4 Å². The minimum absolute atomic E-state index is 0.0626. The summed E-state index contributed by atoms with van der Waals surface area (Å²) in [5, 5.41) is 21.4. The fourth-order valence-corrected chi connectivity index (χ4v) is 3.30. The smallest absolute Gasteiger partial charge is 0.317 e. The number of nitrogens with zero attached hydrogens (tertiary/aromatic N) is 1. The van der Waals surface area contributed by atoms with E-state index in [2.05, 4.69) is 5.32 Å². The van der Waals surface area contributed by atoms with Gasteiger partial charge in [-0.05, 0) is 38.5 Å². The van der Waals surface area contributed by atoms with Crippen molar-refractivity contribution in [1.29, 1.82) is 0 Å². The quantitative estimate of drug-likeness (QED) is 0.661. The van der Waals surface area contributed by atoms with Crippen molar-refractivity contribution >= 4 is 12.0 Å². The first-order valence-corrected chi connectivity index (χ1v) is 7.46. The van der Waals surface area contributed by atoms with E-state index in [-0.39, 0.29) is 30.1 Å². The van der Waals surface area contributed by atoms with Gasteiger partial charge >= 0.3 is 12.0 Å². The highest BCUT2D eigenvalue weighted by atomic mass is 16.4. The number of aliphatic hydroxyl groups excluding tert-OH is 1. The van der Waals surface area contributed by atoms with Gasteiger partial charge in [0.1, 0.15) is 0 Å². The number of rotatable bonds is 5. The van der Waals surface area contributed by atoms with Crippen LogP contribution in [-0.4, -0.2) is 51.8 Å². The molecule has 0 aromatic heterocycles. The van der Waals surface area contributed by atoms with Crippen LogP contribution in [0.15, 0.2) is 0 Å². The molecule has 6 nitrogen and oxygen atoms in total. The number of carbonyl (C=O) groups is 2. The number of piperidine rings is 1. The summed E-state index contributed by atoms with van der Waals surface area (Å²) in [7, 11) is 0. The molecule has 3 unspecified atom stereocenters. The molecule has 0 spiro atoms. The Morgan fingerprint density at radius 1 is 1.30 bits per heavy atom. The summed E-state index contributed by atoms with van der Waals surface area (Å²) < 4.78 is 0. The first-order valence-electron chi connectivity index (χ1n) is 7.46. The van der Waals surface area contributed by atoms with Crippen LogP contribution in [0.4, 0.5) is 4.79 Å². The van der Waals surface area contributed by atoms with Crippen LogP contribution in [0.2, 0.25) is 0 Å². The zero-order valence-corrected chi connectivity index (χ0v) is 11.9. The molecule has 0 radical (unpaired) electrons.